The number of nitrogens with zero attached hydrogens (tertiary/aromatic N) is 3. The summed E-state index contributed by atoms with van der Waals surface area (Å²) in [4.78, 5) is 4.21. The first kappa shape index (κ1) is 11.2. The molecule has 2 heterocycles. The van der Waals surface area contributed by atoms with E-state index in [2.05, 4.69) is 10.1 Å². The molecule has 94 valence electrons. The third-order valence-corrected chi connectivity index (χ3v) is 4.16. The average molecular weight is 236 g/mol. The molecule has 1 aliphatic heterocycles. The lowest BCUT2D eigenvalue weighted by Gasteiger charge is -2.38. The molecule has 1 saturated heterocycles. The molecule has 0 bridgehead atoms. The fourth-order valence-corrected chi connectivity index (χ4v) is 3.30. The fraction of sp³-hybridized carbons (Fsp3) is 0.833. The molecule has 0 radical (unpaired) electrons. The predicted molar refractivity (Wildman–Crippen MR) is 63.3 cm³/mol. The molecule has 1 aromatic rings. The van der Waals surface area contributed by atoms with Crippen molar-refractivity contribution in [2.24, 2.45) is 5.73 Å². The minimum Gasteiger partial charge on any atom is -0.375 e. The van der Waals surface area contributed by atoms with Crippen LogP contribution in [0.25, 0.3) is 0 Å². The van der Waals surface area contributed by atoms with Gasteiger partial charge in [-0.1, -0.05) is 12.8 Å². The average Bonchev–Trinajstić information content (AvgIpc) is 2.98. The zero-order chi connectivity index (χ0) is 11.7. The standard InChI is InChI=1S/C12H20N4O/c13-8-11-14-9-15-16(11)10-3-6-17-12(7-10)4-1-2-5-12/h9-10H,1-8,13H2. The predicted octanol–water partition coefficient (Wildman–Crippen LogP) is 1.40. The van der Waals surface area contributed by atoms with Gasteiger partial charge in [-0.05, 0) is 25.7 Å². The number of ether oxygens (including phenoxy) is 1. The van der Waals surface area contributed by atoms with Crippen LogP contribution in [-0.4, -0.2) is 27.0 Å². The summed E-state index contributed by atoms with van der Waals surface area (Å²) in [6.07, 6.45) is 8.72. The molecule has 2 aliphatic rings. The summed E-state index contributed by atoms with van der Waals surface area (Å²) >= 11 is 0. The summed E-state index contributed by atoms with van der Waals surface area (Å²) < 4.78 is 8.05. The van der Waals surface area contributed by atoms with Crippen LogP contribution in [0.5, 0.6) is 0 Å². The minimum atomic E-state index is 0.126. The lowest BCUT2D eigenvalue weighted by molar-refractivity contribution is -0.0913. The molecular weight excluding hydrogens is 216 g/mol. The maximum absolute atomic E-state index is 6.04. The molecule has 1 atom stereocenters. The van der Waals surface area contributed by atoms with Gasteiger partial charge in [0.15, 0.2) is 0 Å². The maximum atomic E-state index is 6.04. The van der Waals surface area contributed by atoms with Gasteiger partial charge in [0.05, 0.1) is 18.2 Å². The first-order valence-electron chi connectivity index (χ1n) is 6.55. The molecule has 3 rings (SSSR count). The summed E-state index contributed by atoms with van der Waals surface area (Å²) in [5, 5.41) is 4.34. The Kier molecular flexibility index (Phi) is 2.88. The molecule has 2 N–H and O–H groups in total. The van der Waals surface area contributed by atoms with Crippen molar-refractivity contribution in [2.45, 2.75) is 56.7 Å². The lowest BCUT2D eigenvalue weighted by Crippen LogP contribution is -2.38. The maximum Gasteiger partial charge on any atom is 0.140 e. The van der Waals surface area contributed by atoms with Crippen molar-refractivity contribution >= 4 is 0 Å². The van der Waals surface area contributed by atoms with E-state index in [0.29, 0.717) is 12.6 Å². The van der Waals surface area contributed by atoms with E-state index in [0.717, 1.165) is 25.3 Å². The molecule has 1 saturated carbocycles. The third kappa shape index (κ3) is 1.98. The van der Waals surface area contributed by atoms with Gasteiger partial charge in [0, 0.05) is 6.61 Å². The Morgan fingerprint density at radius 3 is 3.06 bits per heavy atom. The second-order valence-electron chi connectivity index (χ2n) is 5.21. The van der Waals surface area contributed by atoms with Crippen LogP contribution in [0.3, 0.4) is 0 Å². The van der Waals surface area contributed by atoms with E-state index < -0.39 is 0 Å². The zero-order valence-electron chi connectivity index (χ0n) is 10.1. The van der Waals surface area contributed by atoms with Crippen molar-refractivity contribution in [3.8, 4) is 0 Å². The molecule has 1 aromatic heterocycles. The van der Waals surface area contributed by atoms with Gasteiger partial charge in [-0.25, -0.2) is 9.67 Å². The molecular formula is C12H20N4O. The highest BCUT2D eigenvalue weighted by molar-refractivity contribution is 4.95. The highest BCUT2D eigenvalue weighted by atomic mass is 16.5. The van der Waals surface area contributed by atoms with E-state index in [4.69, 9.17) is 10.5 Å². The summed E-state index contributed by atoms with van der Waals surface area (Å²) in [5.74, 6) is 0.894. The van der Waals surface area contributed by atoms with Crippen molar-refractivity contribution in [1.29, 1.82) is 0 Å². The Hall–Kier alpha value is -0.940. The quantitative estimate of drug-likeness (QED) is 0.843. The Bertz CT molecular complexity index is 384. The van der Waals surface area contributed by atoms with E-state index in [9.17, 15) is 0 Å². The van der Waals surface area contributed by atoms with Gasteiger partial charge in [-0.15, -0.1) is 0 Å². The lowest BCUT2D eigenvalue weighted by atomic mass is 9.89. The van der Waals surface area contributed by atoms with E-state index >= 15 is 0 Å². The minimum absolute atomic E-state index is 0.126. The number of nitrogens with two attached hydrogens (primary N) is 1. The zero-order valence-corrected chi connectivity index (χ0v) is 10.1. The monoisotopic (exact) mass is 236 g/mol. The SMILES string of the molecule is NCc1ncnn1C1CCOC2(CCCC2)C1. The van der Waals surface area contributed by atoms with E-state index in [1.165, 1.54) is 25.7 Å². The highest BCUT2D eigenvalue weighted by Gasteiger charge is 2.40. The van der Waals surface area contributed by atoms with Gasteiger partial charge < -0.3 is 10.5 Å². The van der Waals surface area contributed by atoms with E-state index in [1.807, 2.05) is 4.68 Å². The van der Waals surface area contributed by atoms with Crippen molar-refractivity contribution in [3.63, 3.8) is 0 Å². The van der Waals surface area contributed by atoms with Crippen molar-refractivity contribution < 1.29 is 4.74 Å². The fourth-order valence-electron chi connectivity index (χ4n) is 3.30. The summed E-state index contributed by atoms with van der Waals surface area (Å²) in [6, 6.07) is 0.419. The van der Waals surface area contributed by atoms with Gasteiger partial charge >= 0.3 is 0 Å². The van der Waals surface area contributed by atoms with Crippen LogP contribution < -0.4 is 5.73 Å². The number of rotatable bonds is 2. The third-order valence-electron chi connectivity index (χ3n) is 4.16. The molecule has 1 spiro atoms. The molecule has 1 unspecified atom stereocenters. The Morgan fingerprint density at radius 1 is 1.47 bits per heavy atom. The Balaban J connectivity index is 1.79. The molecule has 2 fully saturated rings. The van der Waals surface area contributed by atoms with Crippen LogP contribution in [0, 0.1) is 0 Å². The van der Waals surface area contributed by atoms with Crippen LogP contribution in [0.2, 0.25) is 0 Å². The number of aromatic nitrogens is 3. The van der Waals surface area contributed by atoms with Crippen LogP contribution in [0.1, 0.15) is 50.4 Å². The first-order valence-corrected chi connectivity index (χ1v) is 6.55. The molecule has 17 heavy (non-hydrogen) atoms. The summed E-state index contributed by atoms with van der Waals surface area (Å²) in [5.41, 5.74) is 5.82. The summed E-state index contributed by atoms with van der Waals surface area (Å²) in [7, 11) is 0. The Labute approximate surface area is 101 Å². The molecule has 0 amide bonds. The van der Waals surface area contributed by atoms with Crippen LogP contribution in [-0.2, 0) is 11.3 Å². The van der Waals surface area contributed by atoms with Gasteiger partial charge in [-0.3, -0.25) is 0 Å². The van der Waals surface area contributed by atoms with Gasteiger partial charge in [0.1, 0.15) is 12.2 Å². The second kappa shape index (κ2) is 4.38. The molecule has 5 nitrogen and oxygen atoms in total. The van der Waals surface area contributed by atoms with Crippen LogP contribution >= 0.6 is 0 Å². The van der Waals surface area contributed by atoms with Crippen molar-refractivity contribution in [2.75, 3.05) is 6.61 Å². The molecule has 5 heteroatoms. The van der Waals surface area contributed by atoms with Crippen molar-refractivity contribution in [1.82, 2.24) is 14.8 Å². The van der Waals surface area contributed by atoms with Gasteiger partial charge in [0.2, 0.25) is 0 Å². The van der Waals surface area contributed by atoms with Crippen molar-refractivity contribution in [3.05, 3.63) is 12.2 Å². The summed E-state index contributed by atoms with van der Waals surface area (Å²) in [6.45, 7) is 1.30. The van der Waals surface area contributed by atoms with E-state index in [1.54, 1.807) is 6.33 Å². The Morgan fingerprint density at radius 2 is 2.29 bits per heavy atom. The van der Waals surface area contributed by atoms with Gasteiger partial charge in [0.25, 0.3) is 0 Å². The molecule has 0 aromatic carbocycles. The normalized spacial score (nSPS) is 27.7. The number of hydrogen-bond acceptors (Lipinski definition) is 4. The topological polar surface area (TPSA) is 66.0 Å². The molecule has 1 aliphatic carbocycles. The first-order chi connectivity index (χ1) is 8.33. The van der Waals surface area contributed by atoms with Gasteiger partial charge in [-0.2, -0.15) is 5.10 Å². The van der Waals surface area contributed by atoms with Crippen LogP contribution in [0.15, 0.2) is 6.33 Å². The highest BCUT2D eigenvalue weighted by Crippen LogP contribution is 2.43. The van der Waals surface area contributed by atoms with Crippen LogP contribution in [0.4, 0.5) is 0 Å². The second-order valence-corrected chi connectivity index (χ2v) is 5.21. The number of hydrogen-bond donors (Lipinski definition) is 1. The largest absolute Gasteiger partial charge is 0.375 e. The smallest absolute Gasteiger partial charge is 0.140 e. The van der Waals surface area contributed by atoms with E-state index in [-0.39, 0.29) is 5.60 Å².